The molecule has 7 heteroatoms. The Morgan fingerprint density at radius 2 is 1.76 bits per heavy atom. The van der Waals surface area contributed by atoms with E-state index in [4.69, 9.17) is 0 Å². The Kier molecular flexibility index (Phi) is 5.58. The number of halogens is 1. The Bertz CT molecular complexity index is 975. The number of nitrogens with zero attached hydrogens (tertiary/aromatic N) is 1. The van der Waals surface area contributed by atoms with Crippen molar-refractivity contribution < 1.29 is 19.4 Å². The highest BCUT2D eigenvalue weighted by molar-refractivity contribution is 5.85. The molecule has 156 valence electrons. The summed E-state index contributed by atoms with van der Waals surface area (Å²) >= 11 is 0. The zero-order valence-corrected chi connectivity index (χ0v) is 16.4. The van der Waals surface area contributed by atoms with E-state index in [1.807, 2.05) is 4.57 Å². The topological polar surface area (TPSA) is 91.6 Å². The molecule has 29 heavy (non-hydrogen) atoms. The highest BCUT2D eigenvalue weighted by atomic mass is 19.1. The molecule has 2 aliphatic rings. The number of aromatic nitrogens is 1. The molecule has 2 saturated carbocycles. The van der Waals surface area contributed by atoms with Crippen molar-refractivity contribution in [3.05, 3.63) is 39.9 Å². The number of carboxylic acid groups (broad SMARTS) is 1. The number of benzene rings is 1. The fourth-order valence-corrected chi connectivity index (χ4v) is 4.78. The summed E-state index contributed by atoms with van der Waals surface area (Å²) in [6.07, 6.45) is 8.87. The lowest BCUT2D eigenvalue weighted by Crippen LogP contribution is -2.25. The summed E-state index contributed by atoms with van der Waals surface area (Å²) in [6, 6.07) is 3.18. The van der Waals surface area contributed by atoms with Gasteiger partial charge in [-0.05, 0) is 37.8 Å². The molecular formula is C22H27FN2O4. The number of carbonyl (C=O) groups is 1. The smallest absolute Gasteiger partial charge is 0.337 e. The molecule has 2 aliphatic carbocycles. The second kappa shape index (κ2) is 8.14. The van der Waals surface area contributed by atoms with Gasteiger partial charge in [0.05, 0.1) is 16.8 Å². The van der Waals surface area contributed by atoms with Crippen LogP contribution in [-0.4, -0.2) is 26.8 Å². The maximum Gasteiger partial charge on any atom is 0.337 e. The van der Waals surface area contributed by atoms with Crippen molar-refractivity contribution in [2.24, 2.45) is 0 Å². The van der Waals surface area contributed by atoms with Crippen LogP contribution < -0.4 is 10.7 Å². The van der Waals surface area contributed by atoms with Crippen LogP contribution in [0.4, 0.5) is 10.1 Å². The zero-order chi connectivity index (χ0) is 20.5. The summed E-state index contributed by atoms with van der Waals surface area (Å²) in [5.74, 6) is -2.02. The highest BCUT2D eigenvalue weighted by Gasteiger charge is 2.26. The number of hydrogen-bond acceptors (Lipinski definition) is 4. The van der Waals surface area contributed by atoms with Gasteiger partial charge in [0, 0.05) is 23.7 Å². The minimum absolute atomic E-state index is 0.103. The van der Waals surface area contributed by atoms with E-state index in [0.717, 1.165) is 51.4 Å². The van der Waals surface area contributed by atoms with Gasteiger partial charge < -0.3 is 20.1 Å². The first-order valence-corrected chi connectivity index (χ1v) is 10.5. The minimum atomic E-state index is -1.93. The van der Waals surface area contributed by atoms with E-state index in [-0.39, 0.29) is 23.0 Å². The number of aliphatic hydroxyl groups excluding tert-OH is 1. The third-order valence-corrected chi connectivity index (χ3v) is 6.36. The molecule has 0 amide bonds. The zero-order valence-electron chi connectivity index (χ0n) is 16.4. The first-order chi connectivity index (χ1) is 14.0. The number of nitrogens with one attached hydrogen (secondary N) is 1. The fourth-order valence-electron chi connectivity index (χ4n) is 4.78. The van der Waals surface area contributed by atoms with Gasteiger partial charge >= 0.3 is 5.97 Å². The van der Waals surface area contributed by atoms with Gasteiger partial charge in [-0.2, -0.15) is 0 Å². The van der Waals surface area contributed by atoms with Gasteiger partial charge in [-0.25, -0.2) is 9.18 Å². The number of hydrogen-bond donors (Lipinski definition) is 3. The molecule has 1 heterocycles. The van der Waals surface area contributed by atoms with E-state index in [1.54, 1.807) is 6.07 Å². The van der Waals surface area contributed by atoms with Crippen molar-refractivity contribution in [1.29, 1.82) is 0 Å². The average Bonchev–Trinajstić information content (AvgIpc) is 3.24. The first kappa shape index (κ1) is 19.9. The van der Waals surface area contributed by atoms with Crippen molar-refractivity contribution in [2.45, 2.75) is 76.0 Å². The van der Waals surface area contributed by atoms with E-state index in [2.05, 4.69) is 5.32 Å². The van der Waals surface area contributed by atoms with E-state index in [9.17, 15) is 24.2 Å². The van der Waals surface area contributed by atoms with Crippen molar-refractivity contribution in [2.75, 3.05) is 5.32 Å². The van der Waals surface area contributed by atoms with Crippen LogP contribution in [0.15, 0.2) is 23.1 Å². The average molecular weight is 402 g/mol. The Morgan fingerprint density at radius 1 is 1.10 bits per heavy atom. The Hall–Kier alpha value is -2.41. The van der Waals surface area contributed by atoms with Crippen LogP contribution in [0.5, 0.6) is 0 Å². The van der Waals surface area contributed by atoms with Gasteiger partial charge in [0.2, 0.25) is 0 Å². The molecule has 0 spiro atoms. The molecule has 1 atom stereocenters. The number of aliphatic carboxylic acids is 1. The largest absolute Gasteiger partial charge is 0.479 e. The second-order valence-corrected chi connectivity index (χ2v) is 8.33. The Balaban J connectivity index is 1.85. The standard InChI is InChI=1S/C22H27FN2O4/c23-17-10-15-19(11-18(17)24-13-6-2-1-3-7-13)25(14-8-4-5-9-14)12-16(20(15)26)21(27)22(28)29/h10-14,21,24,27H,1-9H2,(H,28,29). The molecule has 6 nitrogen and oxygen atoms in total. The summed E-state index contributed by atoms with van der Waals surface area (Å²) in [5.41, 5.74) is 0.113. The predicted octanol–water partition coefficient (Wildman–Crippen LogP) is 4.12. The minimum Gasteiger partial charge on any atom is -0.479 e. The van der Waals surface area contributed by atoms with Crippen LogP contribution in [0.3, 0.4) is 0 Å². The summed E-state index contributed by atoms with van der Waals surface area (Å²) in [4.78, 5) is 24.2. The highest BCUT2D eigenvalue weighted by Crippen LogP contribution is 2.34. The van der Waals surface area contributed by atoms with Crippen LogP contribution in [0.25, 0.3) is 10.9 Å². The van der Waals surface area contributed by atoms with Gasteiger partial charge in [0.15, 0.2) is 11.5 Å². The lowest BCUT2D eigenvalue weighted by molar-refractivity contribution is -0.147. The first-order valence-electron chi connectivity index (χ1n) is 10.5. The van der Waals surface area contributed by atoms with Crippen LogP contribution in [0.1, 0.15) is 75.5 Å². The van der Waals surface area contributed by atoms with Crippen molar-refractivity contribution >= 4 is 22.6 Å². The lowest BCUT2D eigenvalue weighted by atomic mass is 9.95. The number of anilines is 1. The monoisotopic (exact) mass is 402 g/mol. The molecule has 1 unspecified atom stereocenters. The SMILES string of the molecule is O=C(O)C(O)c1cn(C2CCCC2)c2cc(NC3CCCCC3)c(F)cc2c1=O. The molecule has 0 saturated heterocycles. The van der Waals surface area contributed by atoms with Crippen molar-refractivity contribution in [3.8, 4) is 0 Å². The van der Waals surface area contributed by atoms with Crippen molar-refractivity contribution in [3.63, 3.8) is 0 Å². The molecule has 3 N–H and O–H groups in total. The fraction of sp³-hybridized carbons (Fsp3) is 0.545. The van der Waals surface area contributed by atoms with Gasteiger partial charge in [-0.3, -0.25) is 4.79 Å². The molecule has 1 aromatic carbocycles. The van der Waals surface area contributed by atoms with E-state index in [1.165, 1.54) is 18.7 Å². The van der Waals surface area contributed by atoms with Gasteiger partial charge in [0.1, 0.15) is 5.82 Å². The van der Waals surface area contributed by atoms with Gasteiger partial charge in [0.25, 0.3) is 0 Å². The van der Waals surface area contributed by atoms with E-state index in [0.29, 0.717) is 11.2 Å². The van der Waals surface area contributed by atoms with Gasteiger partial charge in [-0.15, -0.1) is 0 Å². The number of rotatable bonds is 5. The molecule has 0 radical (unpaired) electrons. The van der Waals surface area contributed by atoms with Crippen LogP contribution in [-0.2, 0) is 4.79 Å². The summed E-state index contributed by atoms with van der Waals surface area (Å²) in [7, 11) is 0. The maximum atomic E-state index is 14.9. The quantitative estimate of drug-likeness (QED) is 0.700. The molecule has 1 aromatic heterocycles. The molecule has 2 aromatic rings. The summed E-state index contributed by atoms with van der Waals surface area (Å²) < 4.78 is 16.7. The summed E-state index contributed by atoms with van der Waals surface area (Å²) in [5, 5.41) is 22.6. The van der Waals surface area contributed by atoms with Crippen LogP contribution in [0.2, 0.25) is 0 Å². The van der Waals surface area contributed by atoms with Crippen LogP contribution in [0, 0.1) is 5.82 Å². The van der Waals surface area contributed by atoms with Crippen molar-refractivity contribution in [1.82, 2.24) is 4.57 Å². The predicted molar refractivity (Wildman–Crippen MR) is 109 cm³/mol. The maximum absolute atomic E-state index is 14.9. The third-order valence-electron chi connectivity index (χ3n) is 6.36. The molecule has 0 aliphatic heterocycles. The number of fused-ring (bicyclic) bond motifs is 1. The van der Waals surface area contributed by atoms with E-state index >= 15 is 0 Å². The van der Waals surface area contributed by atoms with Gasteiger partial charge in [-0.1, -0.05) is 32.1 Å². The number of carboxylic acids is 1. The second-order valence-electron chi connectivity index (χ2n) is 8.33. The Morgan fingerprint density at radius 3 is 2.41 bits per heavy atom. The Labute approximate surface area is 168 Å². The van der Waals surface area contributed by atoms with E-state index < -0.39 is 23.3 Å². The normalized spacial score (nSPS) is 19.5. The molecule has 4 rings (SSSR count). The number of aliphatic hydroxyl groups is 1. The molecule has 2 fully saturated rings. The molecular weight excluding hydrogens is 375 g/mol. The summed E-state index contributed by atoms with van der Waals surface area (Å²) in [6.45, 7) is 0. The lowest BCUT2D eigenvalue weighted by Gasteiger charge is -2.25. The van der Waals surface area contributed by atoms with Crippen LogP contribution >= 0.6 is 0 Å². The number of pyridine rings is 1. The third kappa shape index (κ3) is 3.88. The molecule has 0 bridgehead atoms.